The van der Waals surface area contributed by atoms with Gasteiger partial charge in [-0.1, -0.05) is 20.8 Å². The number of amides is 1. The Morgan fingerprint density at radius 2 is 1.93 bits per heavy atom. The van der Waals surface area contributed by atoms with E-state index in [9.17, 15) is 4.79 Å². The molecule has 0 aliphatic carbocycles. The standard InChI is InChI=1S/C10H22ClNO2Si/c1-10(2,3)15(4,5)14-8(6-7-11)9(12)13/h8H,6-7H2,1-5H3,(H2,12,13). The number of nitrogens with two attached hydrogens (primary N) is 1. The number of rotatable bonds is 5. The molecule has 0 aliphatic heterocycles. The Labute approximate surface area is 98.4 Å². The van der Waals surface area contributed by atoms with Gasteiger partial charge in [-0.25, -0.2) is 0 Å². The maximum atomic E-state index is 11.2. The van der Waals surface area contributed by atoms with Crippen molar-refractivity contribution in [2.75, 3.05) is 5.88 Å². The van der Waals surface area contributed by atoms with Gasteiger partial charge >= 0.3 is 0 Å². The molecule has 1 atom stereocenters. The first-order chi connectivity index (χ1) is 6.62. The fourth-order valence-electron chi connectivity index (χ4n) is 0.891. The first-order valence-corrected chi connectivity index (χ1v) is 8.59. The molecule has 0 aliphatic rings. The van der Waals surface area contributed by atoms with Crippen molar-refractivity contribution in [3.05, 3.63) is 0 Å². The second kappa shape index (κ2) is 5.32. The monoisotopic (exact) mass is 251 g/mol. The van der Waals surface area contributed by atoms with Gasteiger partial charge in [-0.15, -0.1) is 11.6 Å². The molecule has 1 amide bonds. The topological polar surface area (TPSA) is 52.3 Å². The lowest BCUT2D eigenvalue weighted by Crippen LogP contribution is -2.47. The molecular formula is C10H22ClNO2Si. The van der Waals surface area contributed by atoms with Crippen molar-refractivity contribution in [2.45, 2.75) is 51.4 Å². The minimum absolute atomic E-state index is 0.0764. The minimum Gasteiger partial charge on any atom is -0.405 e. The van der Waals surface area contributed by atoms with Crippen molar-refractivity contribution in [2.24, 2.45) is 5.73 Å². The van der Waals surface area contributed by atoms with Gasteiger partial charge in [0, 0.05) is 5.88 Å². The SMILES string of the molecule is CC(C)(C)[Si](C)(C)OC(CCCl)C(N)=O. The number of primary amides is 1. The zero-order valence-electron chi connectivity index (χ0n) is 10.3. The van der Waals surface area contributed by atoms with E-state index in [2.05, 4.69) is 33.9 Å². The fraction of sp³-hybridized carbons (Fsp3) is 0.900. The van der Waals surface area contributed by atoms with Crippen LogP contribution in [0.25, 0.3) is 0 Å². The first-order valence-electron chi connectivity index (χ1n) is 5.15. The highest BCUT2D eigenvalue weighted by Crippen LogP contribution is 2.37. The Morgan fingerprint density at radius 3 is 2.20 bits per heavy atom. The number of carbonyl (C=O) groups excluding carboxylic acids is 1. The van der Waals surface area contributed by atoms with Crippen molar-refractivity contribution < 1.29 is 9.22 Å². The summed E-state index contributed by atoms with van der Waals surface area (Å²) in [6.07, 6.45) is -0.0490. The van der Waals surface area contributed by atoms with Crippen LogP contribution in [0, 0.1) is 0 Å². The van der Waals surface area contributed by atoms with E-state index in [0.717, 1.165) is 0 Å². The average molecular weight is 252 g/mol. The third kappa shape index (κ3) is 4.53. The van der Waals surface area contributed by atoms with E-state index in [-0.39, 0.29) is 5.04 Å². The van der Waals surface area contributed by atoms with Crippen LogP contribution in [-0.4, -0.2) is 26.2 Å². The van der Waals surface area contributed by atoms with Crippen molar-refractivity contribution in [3.8, 4) is 0 Å². The summed E-state index contributed by atoms with van der Waals surface area (Å²) < 4.78 is 5.88. The van der Waals surface area contributed by atoms with Crippen LogP contribution < -0.4 is 5.73 Å². The second-order valence-corrected chi connectivity index (χ2v) is 10.4. The van der Waals surface area contributed by atoms with E-state index < -0.39 is 20.3 Å². The van der Waals surface area contributed by atoms with Gasteiger partial charge in [-0.05, 0) is 24.6 Å². The van der Waals surface area contributed by atoms with Crippen LogP contribution in [0.1, 0.15) is 27.2 Å². The lowest BCUT2D eigenvalue weighted by molar-refractivity contribution is -0.125. The molecule has 90 valence electrons. The zero-order valence-corrected chi connectivity index (χ0v) is 12.0. The number of alkyl halides is 1. The molecule has 0 aromatic carbocycles. The van der Waals surface area contributed by atoms with Gasteiger partial charge in [0.15, 0.2) is 8.32 Å². The Kier molecular flexibility index (Phi) is 5.30. The molecule has 0 bridgehead atoms. The third-order valence-electron chi connectivity index (χ3n) is 2.93. The summed E-state index contributed by atoms with van der Waals surface area (Å²) in [5.74, 6) is -0.0251. The average Bonchev–Trinajstić information content (AvgIpc) is 2.00. The summed E-state index contributed by atoms with van der Waals surface area (Å²) in [6.45, 7) is 10.6. The molecule has 15 heavy (non-hydrogen) atoms. The molecule has 0 spiro atoms. The van der Waals surface area contributed by atoms with Crippen LogP contribution in [0.15, 0.2) is 0 Å². The van der Waals surface area contributed by atoms with E-state index in [1.165, 1.54) is 0 Å². The van der Waals surface area contributed by atoms with Gasteiger partial charge in [0.25, 0.3) is 0 Å². The van der Waals surface area contributed by atoms with Gasteiger partial charge in [0.1, 0.15) is 6.10 Å². The quantitative estimate of drug-likeness (QED) is 0.603. The smallest absolute Gasteiger partial charge is 0.245 e. The lowest BCUT2D eigenvalue weighted by Gasteiger charge is -2.38. The molecule has 1 unspecified atom stereocenters. The van der Waals surface area contributed by atoms with E-state index in [4.69, 9.17) is 21.8 Å². The largest absolute Gasteiger partial charge is 0.405 e. The normalized spacial score (nSPS) is 15.1. The van der Waals surface area contributed by atoms with E-state index >= 15 is 0 Å². The van der Waals surface area contributed by atoms with Gasteiger partial charge in [0.2, 0.25) is 5.91 Å². The minimum atomic E-state index is -1.93. The van der Waals surface area contributed by atoms with Gasteiger partial charge in [-0.3, -0.25) is 4.79 Å². The summed E-state index contributed by atoms with van der Waals surface area (Å²) >= 11 is 5.61. The highest BCUT2D eigenvalue weighted by Gasteiger charge is 2.40. The first kappa shape index (κ1) is 14.9. The summed E-state index contributed by atoms with van der Waals surface area (Å²) in [6, 6.07) is 0. The van der Waals surface area contributed by atoms with Gasteiger partial charge in [0.05, 0.1) is 0 Å². The lowest BCUT2D eigenvalue weighted by atomic mass is 10.2. The number of hydrogen-bond donors (Lipinski definition) is 1. The molecule has 0 heterocycles. The van der Waals surface area contributed by atoms with Crippen LogP contribution >= 0.6 is 11.6 Å². The number of hydrogen-bond acceptors (Lipinski definition) is 2. The highest BCUT2D eigenvalue weighted by molar-refractivity contribution is 6.74. The molecule has 0 aromatic rings. The van der Waals surface area contributed by atoms with Crippen molar-refractivity contribution in [1.29, 1.82) is 0 Å². The molecular weight excluding hydrogens is 230 g/mol. The molecule has 0 rings (SSSR count). The van der Waals surface area contributed by atoms with Gasteiger partial charge < -0.3 is 10.2 Å². The third-order valence-corrected chi connectivity index (χ3v) is 7.64. The molecule has 2 N–H and O–H groups in total. The second-order valence-electron chi connectivity index (χ2n) is 5.25. The summed E-state index contributed by atoms with van der Waals surface area (Å²) in [7, 11) is -1.93. The van der Waals surface area contributed by atoms with Crippen molar-refractivity contribution in [1.82, 2.24) is 0 Å². The Bertz CT molecular complexity index is 226. The highest BCUT2D eigenvalue weighted by atomic mass is 35.5. The predicted octanol–water partition coefficient (Wildman–Crippen LogP) is 2.49. The van der Waals surface area contributed by atoms with Crippen LogP contribution in [0.4, 0.5) is 0 Å². The van der Waals surface area contributed by atoms with E-state index in [1.54, 1.807) is 0 Å². The molecule has 0 radical (unpaired) electrons. The van der Waals surface area contributed by atoms with Crippen LogP contribution in [0.5, 0.6) is 0 Å². The predicted molar refractivity (Wildman–Crippen MR) is 66.6 cm³/mol. The van der Waals surface area contributed by atoms with Crippen LogP contribution in [0.2, 0.25) is 18.1 Å². The Hall–Kier alpha value is -0.0631. The molecule has 0 aromatic heterocycles. The molecule has 3 nitrogen and oxygen atoms in total. The van der Waals surface area contributed by atoms with Crippen LogP contribution in [-0.2, 0) is 9.22 Å². The fourth-order valence-corrected chi connectivity index (χ4v) is 2.39. The molecule has 0 saturated carbocycles. The zero-order chi connectivity index (χ0) is 12.3. The number of halogens is 1. The summed E-state index contributed by atoms with van der Waals surface area (Å²) in [5.41, 5.74) is 5.27. The maximum Gasteiger partial charge on any atom is 0.245 e. The number of carbonyl (C=O) groups is 1. The van der Waals surface area contributed by atoms with Crippen molar-refractivity contribution in [3.63, 3.8) is 0 Å². The van der Waals surface area contributed by atoms with E-state index in [1.807, 2.05) is 0 Å². The van der Waals surface area contributed by atoms with E-state index in [0.29, 0.717) is 12.3 Å². The van der Waals surface area contributed by atoms with Gasteiger partial charge in [-0.2, -0.15) is 0 Å². The molecule has 0 saturated heterocycles. The Morgan fingerprint density at radius 1 is 1.47 bits per heavy atom. The Balaban J connectivity index is 4.59. The summed E-state index contributed by atoms with van der Waals surface area (Å²) in [4.78, 5) is 11.2. The molecule has 0 fully saturated rings. The van der Waals surface area contributed by atoms with Crippen molar-refractivity contribution >= 4 is 25.8 Å². The summed E-state index contributed by atoms with van der Waals surface area (Å²) in [5, 5.41) is 0.0764. The maximum absolute atomic E-state index is 11.2. The molecule has 5 heteroatoms. The van der Waals surface area contributed by atoms with Crippen LogP contribution in [0.3, 0.4) is 0 Å².